The monoisotopic (exact) mass is 263 g/mol. The van der Waals surface area contributed by atoms with Crippen molar-refractivity contribution in [2.45, 2.75) is 45.1 Å². The van der Waals surface area contributed by atoms with E-state index in [1.807, 2.05) is 12.4 Å². The smallest absolute Gasteiger partial charge is 0.0576 e. The lowest BCUT2D eigenvalue weighted by Crippen LogP contribution is -2.41. The van der Waals surface area contributed by atoms with Gasteiger partial charge in [-0.1, -0.05) is 6.92 Å². The Morgan fingerprint density at radius 2 is 2.26 bits per heavy atom. The third-order valence-corrected chi connectivity index (χ3v) is 3.71. The van der Waals surface area contributed by atoms with Crippen LogP contribution in [0, 0.1) is 0 Å². The van der Waals surface area contributed by atoms with Crippen molar-refractivity contribution in [1.82, 2.24) is 4.98 Å². The number of nitrogens with zero attached hydrogens (tertiary/aromatic N) is 2. The molecule has 0 radical (unpaired) electrons. The fraction of sp³-hybridized carbons (Fsp3) is 0.667. The molecule has 19 heavy (non-hydrogen) atoms. The second-order valence-electron chi connectivity index (χ2n) is 5.21. The lowest BCUT2D eigenvalue weighted by atomic mass is 9.91. The van der Waals surface area contributed by atoms with Gasteiger partial charge in [0.2, 0.25) is 0 Å². The zero-order chi connectivity index (χ0) is 13.5. The molecule has 4 heteroatoms. The maximum Gasteiger partial charge on any atom is 0.0576 e. The van der Waals surface area contributed by atoms with Gasteiger partial charge in [-0.15, -0.1) is 0 Å². The summed E-state index contributed by atoms with van der Waals surface area (Å²) in [5.74, 6) is 0. The van der Waals surface area contributed by atoms with E-state index in [-0.39, 0.29) is 6.61 Å². The first-order valence-electron chi connectivity index (χ1n) is 7.41. The first kappa shape index (κ1) is 14.1. The molecule has 0 bridgehead atoms. The van der Waals surface area contributed by atoms with Crippen molar-refractivity contribution in [3.63, 3.8) is 0 Å². The Labute approximate surface area is 115 Å². The Morgan fingerprint density at radius 3 is 2.89 bits per heavy atom. The van der Waals surface area contributed by atoms with E-state index >= 15 is 0 Å². The van der Waals surface area contributed by atoms with E-state index in [9.17, 15) is 0 Å². The first-order chi connectivity index (χ1) is 9.35. The highest BCUT2D eigenvalue weighted by Gasteiger charge is 2.25. The largest absolute Gasteiger partial charge is 0.396 e. The molecule has 1 aromatic rings. The predicted octanol–water partition coefficient (Wildman–Crippen LogP) is 2.64. The number of hydrogen-bond acceptors (Lipinski definition) is 4. The SMILES string of the molecule is CCCNc1cncc(N(CCCO)C2CCC2)c1. The fourth-order valence-electron chi connectivity index (χ4n) is 2.41. The molecule has 0 spiro atoms. The molecule has 0 amide bonds. The summed E-state index contributed by atoms with van der Waals surface area (Å²) in [4.78, 5) is 6.75. The van der Waals surface area contributed by atoms with Crippen LogP contribution in [0.4, 0.5) is 11.4 Å². The number of aliphatic hydroxyl groups excluding tert-OH is 1. The summed E-state index contributed by atoms with van der Waals surface area (Å²) in [6, 6.07) is 2.81. The number of pyridine rings is 1. The minimum atomic E-state index is 0.254. The van der Waals surface area contributed by atoms with E-state index in [2.05, 4.69) is 28.2 Å². The highest BCUT2D eigenvalue weighted by atomic mass is 16.3. The molecule has 0 unspecified atom stereocenters. The van der Waals surface area contributed by atoms with Gasteiger partial charge in [0.1, 0.15) is 0 Å². The molecule has 2 rings (SSSR count). The topological polar surface area (TPSA) is 48.4 Å². The second-order valence-corrected chi connectivity index (χ2v) is 5.21. The van der Waals surface area contributed by atoms with Crippen molar-refractivity contribution in [2.24, 2.45) is 0 Å². The van der Waals surface area contributed by atoms with Crippen LogP contribution in [0.1, 0.15) is 39.0 Å². The van der Waals surface area contributed by atoms with E-state index in [1.165, 1.54) is 24.9 Å². The molecule has 0 aromatic carbocycles. The van der Waals surface area contributed by atoms with E-state index in [0.717, 1.165) is 31.6 Å². The van der Waals surface area contributed by atoms with Gasteiger partial charge in [0.25, 0.3) is 0 Å². The van der Waals surface area contributed by atoms with Crippen LogP contribution in [-0.2, 0) is 0 Å². The molecule has 1 fully saturated rings. The van der Waals surface area contributed by atoms with Crippen molar-refractivity contribution in [2.75, 3.05) is 29.9 Å². The van der Waals surface area contributed by atoms with Crippen LogP contribution >= 0.6 is 0 Å². The van der Waals surface area contributed by atoms with Gasteiger partial charge in [-0.3, -0.25) is 4.98 Å². The third kappa shape index (κ3) is 3.83. The molecule has 1 heterocycles. The Hall–Kier alpha value is -1.29. The zero-order valence-corrected chi connectivity index (χ0v) is 11.8. The summed E-state index contributed by atoms with van der Waals surface area (Å²) in [6.45, 7) is 4.31. The number of rotatable bonds is 8. The number of nitrogens with one attached hydrogen (secondary N) is 1. The molecular formula is C15H25N3O. The Kier molecular flexibility index (Phi) is 5.45. The molecule has 1 aliphatic rings. The molecular weight excluding hydrogens is 238 g/mol. The highest BCUT2D eigenvalue weighted by Crippen LogP contribution is 2.30. The number of hydrogen-bond donors (Lipinski definition) is 2. The van der Waals surface area contributed by atoms with Crippen molar-refractivity contribution >= 4 is 11.4 Å². The molecule has 0 aliphatic heterocycles. The minimum Gasteiger partial charge on any atom is -0.396 e. The van der Waals surface area contributed by atoms with Gasteiger partial charge >= 0.3 is 0 Å². The zero-order valence-electron chi connectivity index (χ0n) is 11.8. The summed E-state index contributed by atoms with van der Waals surface area (Å²) in [6.07, 6.45) is 9.60. The standard InChI is InChI=1S/C15H25N3O/c1-2-7-17-13-10-15(12-16-11-13)18(8-4-9-19)14-5-3-6-14/h10-12,14,17,19H,2-9H2,1H3. The highest BCUT2D eigenvalue weighted by molar-refractivity contribution is 5.56. The average molecular weight is 263 g/mol. The average Bonchev–Trinajstić information content (AvgIpc) is 2.39. The molecule has 0 atom stereocenters. The van der Waals surface area contributed by atoms with Crippen LogP contribution in [0.3, 0.4) is 0 Å². The van der Waals surface area contributed by atoms with Crippen LogP contribution in [-0.4, -0.2) is 35.8 Å². The van der Waals surface area contributed by atoms with Crippen LogP contribution in [0.15, 0.2) is 18.5 Å². The molecule has 0 saturated heterocycles. The van der Waals surface area contributed by atoms with Gasteiger partial charge in [0, 0.05) is 25.7 Å². The first-order valence-corrected chi connectivity index (χ1v) is 7.41. The van der Waals surface area contributed by atoms with E-state index in [4.69, 9.17) is 5.11 Å². The number of aromatic nitrogens is 1. The second kappa shape index (κ2) is 7.34. The van der Waals surface area contributed by atoms with Gasteiger partial charge in [-0.25, -0.2) is 0 Å². The van der Waals surface area contributed by atoms with E-state index < -0.39 is 0 Å². The van der Waals surface area contributed by atoms with Crippen LogP contribution in [0.5, 0.6) is 0 Å². The molecule has 1 aliphatic carbocycles. The maximum absolute atomic E-state index is 9.05. The predicted molar refractivity (Wildman–Crippen MR) is 79.7 cm³/mol. The summed E-state index contributed by atoms with van der Waals surface area (Å²) in [7, 11) is 0. The molecule has 1 aromatic heterocycles. The van der Waals surface area contributed by atoms with E-state index in [0.29, 0.717) is 6.04 Å². The molecule has 2 N–H and O–H groups in total. The van der Waals surface area contributed by atoms with Crippen LogP contribution in [0.2, 0.25) is 0 Å². The summed E-state index contributed by atoms with van der Waals surface area (Å²) in [5, 5.41) is 12.4. The van der Waals surface area contributed by atoms with Gasteiger partial charge < -0.3 is 15.3 Å². The van der Waals surface area contributed by atoms with Crippen LogP contribution in [0.25, 0.3) is 0 Å². The lowest BCUT2D eigenvalue weighted by molar-refractivity contribution is 0.283. The fourth-order valence-corrected chi connectivity index (χ4v) is 2.41. The van der Waals surface area contributed by atoms with Gasteiger partial charge in [0.15, 0.2) is 0 Å². The van der Waals surface area contributed by atoms with Crippen molar-refractivity contribution in [3.05, 3.63) is 18.5 Å². The third-order valence-electron chi connectivity index (χ3n) is 3.71. The molecule has 106 valence electrons. The number of anilines is 2. The Bertz CT molecular complexity index is 379. The summed E-state index contributed by atoms with van der Waals surface area (Å²) in [5.41, 5.74) is 2.27. The van der Waals surface area contributed by atoms with Crippen molar-refractivity contribution in [3.8, 4) is 0 Å². The van der Waals surface area contributed by atoms with Crippen molar-refractivity contribution < 1.29 is 5.11 Å². The van der Waals surface area contributed by atoms with E-state index in [1.54, 1.807) is 0 Å². The van der Waals surface area contributed by atoms with Gasteiger partial charge in [-0.05, 0) is 38.2 Å². The quantitative estimate of drug-likeness (QED) is 0.757. The Morgan fingerprint density at radius 1 is 1.42 bits per heavy atom. The number of aliphatic hydroxyl groups is 1. The summed E-state index contributed by atoms with van der Waals surface area (Å²) < 4.78 is 0. The molecule has 1 saturated carbocycles. The Balaban J connectivity index is 2.06. The lowest BCUT2D eigenvalue weighted by Gasteiger charge is -2.39. The van der Waals surface area contributed by atoms with Gasteiger partial charge in [0.05, 0.1) is 23.8 Å². The van der Waals surface area contributed by atoms with Crippen LogP contribution < -0.4 is 10.2 Å². The minimum absolute atomic E-state index is 0.254. The maximum atomic E-state index is 9.05. The van der Waals surface area contributed by atoms with Crippen molar-refractivity contribution in [1.29, 1.82) is 0 Å². The van der Waals surface area contributed by atoms with Gasteiger partial charge in [-0.2, -0.15) is 0 Å². The molecule has 4 nitrogen and oxygen atoms in total. The summed E-state index contributed by atoms with van der Waals surface area (Å²) >= 11 is 0. The normalized spacial score (nSPS) is 15.1.